The first-order valence-electron chi connectivity index (χ1n) is 5.63. The van der Waals surface area contributed by atoms with E-state index in [2.05, 4.69) is 0 Å². The number of Topliss-reactive ketones (excluding diaryl/α,β-unsaturated/α-hetero) is 1. The van der Waals surface area contributed by atoms with Gasteiger partial charge >= 0.3 is 0 Å². The van der Waals surface area contributed by atoms with E-state index >= 15 is 0 Å². The lowest BCUT2D eigenvalue weighted by Crippen LogP contribution is -2.34. The van der Waals surface area contributed by atoms with Crippen LogP contribution in [0, 0.1) is 5.92 Å². The fourth-order valence-corrected chi connectivity index (χ4v) is 2.09. The summed E-state index contributed by atoms with van der Waals surface area (Å²) in [6, 6.07) is 0. The van der Waals surface area contributed by atoms with Crippen LogP contribution in [0.2, 0.25) is 0 Å². The van der Waals surface area contributed by atoms with Gasteiger partial charge in [0.25, 0.3) is 0 Å². The number of ketones is 1. The molecule has 14 heavy (non-hydrogen) atoms. The van der Waals surface area contributed by atoms with E-state index in [4.69, 9.17) is 5.11 Å². The standard InChI is InChI=1S/C11H21NO2/c1-2-12(7-8-13)9-11(14)10-5-3-4-6-10/h10,13H,2-9H2,1H3. The average molecular weight is 199 g/mol. The number of carbonyl (C=O) groups excluding carboxylic acids is 1. The topological polar surface area (TPSA) is 40.5 Å². The number of hydrogen-bond acceptors (Lipinski definition) is 3. The van der Waals surface area contributed by atoms with Crippen molar-refractivity contribution in [3.8, 4) is 0 Å². The predicted molar refractivity (Wildman–Crippen MR) is 56.2 cm³/mol. The summed E-state index contributed by atoms with van der Waals surface area (Å²) >= 11 is 0. The lowest BCUT2D eigenvalue weighted by atomic mass is 10.0. The summed E-state index contributed by atoms with van der Waals surface area (Å²) in [7, 11) is 0. The zero-order valence-electron chi connectivity index (χ0n) is 9.04. The first kappa shape index (κ1) is 11.7. The van der Waals surface area contributed by atoms with Gasteiger partial charge in [0, 0.05) is 12.5 Å². The number of carbonyl (C=O) groups is 1. The van der Waals surface area contributed by atoms with Crippen LogP contribution in [-0.4, -0.2) is 42.0 Å². The van der Waals surface area contributed by atoms with E-state index < -0.39 is 0 Å². The molecule has 0 amide bonds. The van der Waals surface area contributed by atoms with Crippen molar-refractivity contribution in [2.75, 3.05) is 26.2 Å². The molecule has 0 aliphatic heterocycles. The van der Waals surface area contributed by atoms with Gasteiger partial charge in [0.1, 0.15) is 5.78 Å². The van der Waals surface area contributed by atoms with Crippen molar-refractivity contribution in [1.82, 2.24) is 4.90 Å². The van der Waals surface area contributed by atoms with Crippen molar-refractivity contribution in [2.45, 2.75) is 32.6 Å². The summed E-state index contributed by atoms with van der Waals surface area (Å²) in [6.07, 6.45) is 4.58. The first-order valence-corrected chi connectivity index (χ1v) is 5.63. The van der Waals surface area contributed by atoms with Gasteiger partial charge in [-0.2, -0.15) is 0 Å². The molecular weight excluding hydrogens is 178 g/mol. The molecule has 1 aliphatic carbocycles. The third-order valence-electron chi connectivity index (χ3n) is 3.05. The molecule has 0 unspecified atom stereocenters. The third kappa shape index (κ3) is 3.39. The molecule has 0 spiro atoms. The van der Waals surface area contributed by atoms with Crippen LogP contribution in [0.5, 0.6) is 0 Å². The normalized spacial score (nSPS) is 17.9. The quantitative estimate of drug-likeness (QED) is 0.695. The Hall–Kier alpha value is -0.410. The Bertz CT molecular complexity index is 176. The van der Waals surface area contributed by atoms with E-state index in [1.165, 1.54) is 12.8 Å². The minimum absolute atomic E-state index is 0.145. The molecule has 1 saturated carbocycles. The van der Waals surface area contributed by atoms with E-state index in [0.717, 1.165) is 19.4 Å². The van der Waals surface area contributed by atoms with Gasteiger partial charge in [-0.15, -0.1) is 0 Å². The molecule has 0 atom stereocenters. The number of likely N-dealkylation sites (N-methyl/N-ethyl adjacent to an activating group) is 1. The smallest absolute Gasteiger partial charge is 0.149 e. The Kier molecular flexibility index (Phi) is 5.12. The fraction of sp³-hybridized carbons (Fsp3) is 0.909. The number of aliphatic hydroxyl groups excluding tert-OH is 1. The Labute approximate surface area is 86.1 Å². The highest BCUT2D eigenvalue weighted by Gasteiger charge is 2.23. The molecular formula is C11H21NO2. The summed E-state index contributed by atoms with van der Waals surface area (Å²) in [4.78, 5) is 13.8. The molecule has 82 valence electrons. The summed E-state index contributed by atoms with van der Waals surface area (Å²) in [5.41, 5.74) is 0. The van der Waals surface area contributed by atoms with Crippen LogP contribution >= 0.6 is 0 Å². The second-order valence-corrected chi connectivity index (χ2v) is 4.04. The van der Waals surface area contributed by atoms with Crippen LogP contribution in [-0.2, 0) is 4.79 Å². The Morgan fingerprint density at radius 2 is 2.07 bits per heavy atom. The third-order valence-corrected chi connectivity index (χ3v) is 3.05. The molecule has 0 bridgehead atoms. The zero-order valence-corrected chi connectivity index (χ0v) is 9.04. The van der Waals surface area contributed by atoms with Crippen LogP contribution in [0.25, 0.3) is 0 Å². The molecule has 1 N–H and O–H groups in total. The maximum Gasteiger partial charge on any atom is 0.149 e. The van der Waals surface area contributed by atoms with Crippen LogP contribution in [0.4, 0.5) is 0 Å². The highest BCUT2D eigenvalue weighted by molar-refractivity contribution is 5.83. The van der Waals surface area contributed by atoms with Gasteiger partial charge in [-0.05, 0) is 19.4 Å². The number of rotatable bonds is 6. The Balaban J connectivity index is 2.29. The molecule has 0 aromatic rings. The molecule has 0 aromatic heterocycles. The maximum absolute atomic E-state index is 11.8. The average Bonchev–Trinajstić information content (AvgIpc) is 2.69. The van der Waals surface area contributed by atoms with Gasteiger partial charge in [0.15, 0.2) is 0 Å². The highest BCUT2D eigenvalue weighted by atomic mass is 16.3. The fourth-order valence-electron chi connectivity index (χ4n) is 2.09. The van der Waals surface area contributed by atoms with E-state index in [-0.39, 0.29) is 6.61 Å². The van der Waals surface area contributed by atoms with Crippen LogP contribution < -0.4 is 0 Å². The van der Waals surface area contributed by atoms with E-state index in [1.807, 2.05) is 11.8 Å². The van der Waals surface area contributed by atoms with E-state index in [0.29, 0.717) is 24.8 Å². The maximum atomic E-state index is 11.8. The second-order valence-electron chi connectivity index (χ2n) is 4.04. The lowest BCUT2D eigenvalue weighted by molar-refractivity contribution is -0.123. The SMILES string of the molecule is CCN(CCO)CC(=O)C1CCCC1. The van der Waals surface area contributed by atoms with Crippen molar-refractivity contribution >= 4 is 5.78 Å². The van der Waals surface area contributed by atoms with E-state index in [9.17, 15) is 4.79 Å². The van der Waals surface area contributed by atoms with Gasteiger partial charge in [0.05, 0.1) is 13.2 Å². The molecule has 1 fully saturated rings. The van der Waals surface area contributed by atoms with E-state index in [1.54, 1.807) is 0 Å². The molecule has 3 nitrogen and oxygen atoms in total. The minimum atomic E-state index is 0.145. The van der Waals surface area contributed by atoms with Gasteiger partial charge in [-0.3, -0.25) is 9.69 Å². The highest BCUT2D eigenvalue weighted by Crippen LogP contribution is 2.25. The second kappa shape index (κ2) is 6.14. The number of hydrogen-bond donors (Lipinski definition) is 1. The first-order chi connectivity index (χ1) is 6.77. The number of aliphatic hydroxyl groups is 1. The van der Waals surface area contributed by atoms with Crippen molar-refractivity contribution in [1.29, 1.82) is 0 Å². The molecule has 0 aromatic carbocycles. The van der Waals surface area contributed by atoms with Gasteiger partial charge in [-0.1, -0.05) is 19.8 Å². The molecule has 0 radical (unpaired) electrons. The summed E-state index contributed by atoms with van der Waals surface area (Å²) in [6.45, 7) is 4.17. The number of nitrogens with zero attached hydrogens (tertiary/aromatic N) is 1. The summed E-state index contributed by atoms with van der Waals surface area (Å²) in [5.74, 6) is 0.681. The van der Waals surface area contributed by atoms with Crippen molar-refractivity contribution in [3.05, 3.63) is 0 Å². The summed E-state index contributed by atoms with van der Waals surface area (Å²) < 4.78 is 0. The van der Waals surface area contributed by atoms with Crippen molar-refractivity contribution in [2.24, 2.45) is 5.92 Å². The van der Waals surface area contributed by atoms with Crippen molar-refractivity contribution < 1.29 is 9.90 Å². The molecule has 3 heteroatoms. The summed E-state index contributed by atoms with van der Waals surface area (Å²) in [5, 5.41) is 8.79. The van der Waals surface area contributed by atoms with Crippen LogP contribution in [0.3, 0.4) is 0 Å². The molecule has 1 rings (SSSR count). The van der Waals surface area contributed by atoms with Crippen LogP contribution in [0.1, 0.15) is 32.6 Å². The van der Waals surface area contributed by atoms with Crippen molar-refractivity contribution in [3.63, 3.8) is 0 Å². The zero-order chi connectivity index (χ0) is 10.4. The minimum Gasteiger partial charge on any atom is -0.395 e. The Morgan fingerprint density at radius 1 is 1.43 bits per heavy atom. The molecule has 1 aliphatic rings. The molecule has 0 heterocycles. The van der Waals surface area contributed by atoms with Gasteiger partial charge < -0.3 is 5.11 Å². The van der Waals surface area contributed by atoms with Gasteiger partial charge in [0.2, 0.25) is 0 Å². The monoisotopic (exact) mass is 199 g/mol. The predicted octanol–water partition coefficient (Wildman–Crippen LogP) is 1.06. The Morgan fingerprint density at radius 3 is 2.57 bits per heavy atom. The van der Waals surface area contributed by atoms with Gasteiger partial charge in [-0.25, -0.2) is 0 Å². The lowest BCUT2D eigenvalue weighted by Gasteiger charge is -2.19. The molecule has 0 saturated heterocycles. The van der Waals surface area contributed by atoms with Crippen LogP contribution in [0.15, 0.2) is 0 Å². The largest absolute Gasteiger partial charge is 0.395 e.